The molecule has 0 atom stereocenters. The van der Waals surface area contributed by atoms with Gasteiger partial charge in [0.2, 0.25) is 0 Å². The molecular formula is C21H17N4O5P-2. The van der Waals surface area contributed by atoms with E-state index in [0.717, 1.165) is 17.0 Å². The number of pyridine rings is 2. The lowest BCUT2D eigenvalue weighted by Gasteiger charge is -2.30. The van der Waals surface area contributed by atoms with Gasteiger partial charge in [-0.05, 0) is 42.0 Å². The van der Waals surface area contributed by atoms with E-state index in [1.54, 1.807) is 24.4 Å². The van der Waals surface area contributed by atoms with Crippen molar-refractivity contribution in [2.24, 2.45) is 0 Å². The largest absolute Gasteiger partial charge is 0.795 e. The molecule has 1 N–H and O–H groups in total. The molecule has 0 aliphatic heterocycles. The number of hydrogen-bond donors (Lipinski definition) is 1. The molecule has 0 aliphatic carbocycles. The summed E-state index contributed by atoms with van der Waals surface area (Å²) in [4.78, 5) is 30.2. The van der Waals surface area contributed by atoms with Crippen molar-refractivity contribution in [2.45, 2.75) is 13.0 Å². The Hall–Kier alpha value is -3.52. The molecule has 3 heterocycles. The lowest BCUT2D eigenvalue weighted by molar-refractivity contribution is -0.311. The molecule has 0 amide bonds. The lowest BCUT2D eigenvalue weighted by atomic mass is 10.1. The normalized spacial score (nSPS) is 11.3. The predicted molar refractivity (Wildman–Crippen MR) is 109 cm³/mol. The minimum atomic E-state index is -5.00. The minimum absolute atomic E-state index is 0.104. The summed E-state index contributed by atoms with van der Waals surface area (Å²) in [6, 6.07) is 18.1. The molecule has 31 heavy (non-hydrogen) atoms. The summed E-state index contributed by atoms with van der Waals surface area (Å²) < 4.78 is 22.1. The molecule has 0 fully saturated rings. The van der Waals surface area contributed by atoms with Crippen LogP contribution >= 0.6 is 7.75 Å². The van der Waals surface area contributed by atoms with Crippen molar-refractivity contribution < 1.29 is 23.6 Å². The molecule has 0 saturated carbocycles. The summed E-state index contributed by atoms with van der Waals surface area (Å²) in [6.45, 7) is 0.383. The summed E-state index contributed by atoms with van der Waals surface area (Å²) in [5, 5.41) is 5.89. The smallest absolute Gasteiger partial charge is 0.170 e. The molecule has 1 aromatic carbocycles. The topological polar surface area (TPSA) is 136 Å². The first-order valence-corrected chi connectivity index (χ1v) is 10.8. The molecule has 0 unspecified atom stereocenters. The first kappa shape index (κ1) is 20.7. The van der Waals surface area contributed by atoms with Crippen LogP contribution in [0.1, 0.15) is 17.0 Å². The van der Waals surface area contributed by atoms with Crippen LogP contribution in [0.4, 0.5) is 5.82 Å². The van der Waals surface area contributed by atoms with E-state index in [9.17, 15) is 14.4 Å². The third-order valence-electron chi connectivity index (χ3n) is 4.30. The molecule has 4 rings (SSSR count). The van der Waals surface area contributed by atoms with Gasteiger partial charge in [-0.15, -0.1) is 0 Å². The van der Waals surface area contributed by atoms with Gasteiger partial charge in [0.05, 0.1) is 17.0 Å². The van der Waals surface area contributed by atoms with Gasteiger partial charge < -0.3 is 28.7 Å². The van der Waals surface area contributed by atoms with Crippen LogP contribution in [0.25, 0.3) is 11.3 Å². The first-order valence-electron chi connectivity index (χ1n) is 9.29. The van der Waals surface area contributed by atoms with Crippen molar-refractivity contribution in [1.82, 2.24) is 15.1 Å². The van der Waals surface area contributed by atoms with Crippen LogP contribution in [0, 0.1) is 0 Å². The van der Waals surface area contributed by atoms with Crippen LogP contribution in [0.3, 0.4) is 0 Å². The van der Waals surface area contributed by atoms with Crippen LogP contribution in [0.15, 0.2) is 77.6 Å². The number of aromatic nitrogens is 3. The van der Waals surface area contributed by atoms with Gasteiger partial charge in [-0.3, -0.25) is 4.98 Å². The molecule has 0 aliphatic rings. The Bertz CT molecular complexity index is 1190. The summed E-state index contributed by atoms with van der Waals surface area (Å²) in [7, 11) is -5.00. The van der Waals surface area contributed by atoms with Gasteiger partial charge in [-0.2, -0.15) is 0 Å². The molecule has 3 aromatic heterocycles. The number of benzene rings is 1. The van der Waals surface area contributed by atoms with Crippen LogP contribution in [0.2, 0.25) is 0 Å². The second-order valence-corrected chi connectivity index (χ2v) is 7.84. The second-order valence-electron chi connectivity index (χ2n) is 6.62. The molecule has 0 spiro atoms. The summed E-state index contributed by atoms with van der Waals surface area (Å²) in [5.74, 6) is 0.920. The van der Waals surface area contributed by atoms with Crippen LogP contribution < -0.4 is 19.6 Å². The van der Waals surface area contributed by atoms with E-state index in [0.29, 0.717) is 30.0 Å². The number of anilines is 1. The monoisotopic (exact) mass is 436 g/mol. The maximum Gasteiger partial charge on any atom is 0.170 e. The van der Waals surface area contributed by atoms with Gasteiger partial charge in [0, 0.05) is 32.6 Å². The predicted octanol–water partition coefficient (Wildman–Crippen LogP) is 2.54. The van der Waals surface area contributed by atoms with Crippen molar-refractivity contribution in [2.75, 3.05) is 5.09 Å². The SMILES string of the molecule is O=P([O-])([O-])Nc1ncccc1-c1cc(Cc2ccc(OCc3ccccn3)cc2)no1. The molecule has 0 saturated heterocycles. The highest BCUT2D eigenvalue weighted by Gasteiger charge is 2.13. The number of ether oxygens (including phenoxy) is 1. The average Bonchev–Trinajstić information content (AvgIpc) is 3.21. The maximum absolute atomic E-state index is 11.0. The van der Waals surface area contributed by atoms with Crippen molar-refractivity contribution in [3.05, 3.63) is 90.0 Å². The lowest BCUT2D eigenvalue weighted by Crippen LogP contribution is -2.21. The Balaban J connectivity index is 1.42. The fourth-order valence-electron chi connectivity index (χ4n) is 2.90. The fourth-order valence-corrected chi connectivity index (χ4v) is 3.34. The summed E-state index contributed by atoms with van der Waals surface area (Å²) in [6.07, 6.45) is 3.59. The zero-order valence-corrected chi connectivity index (χ0v) is 17.1. The highest BCUT2D eigenvalue weighted by molar-refractivity contribution is 7.50. The van der Waals surface area contributed by atoms with Gasteiger partial charge >= 0.3 is 0 Å². The fraction of sp³-hybridized carbons (Fsp3) is 0.0952. The molecule has 4 aromatic rings. The molecular weight excluding hydrogens is 419 g/mol. The van der Waals surface area contributed by atoms with E-state index in [2.05, 4.69) is 15.1 Å². The molecule has 9 nitrogen and oxygen atoms in total. The van der Waals surface area contributed by atoms with Gasteiger partial charge in [0.25, 0.3) is 0 Å². The van der Waals surface area contributed by atoms with Gasteiger partial charge in [-0.25, -0.2) is 4.98 Å². The average molecular weight is 436 g/mol. The number of rotatable bonds is 8. The first-order chi connectivity index (χ1) is 15.0. The molecule has 0 bridgehead atoms. The zero-order valence-electron chi connectivity index (χ0n) is 16.2. The van der Waals surface area contributed by atoms with E-state index >= 15 is 0 Å². The van der Waals surface area contributed by atoms with E-state index in [1.165, 1.54) is 6.20 Å². The Kier molecular flexibility index (Phi) is 6.08. The molecule has 0 radical (unpaired) electrons. The van der Waals surface area contributed by atoms with E-state index < -0.39 is 7.75 Å². The maximum atomic E-state index is 11.0. The third kappa shape index (κ3) is 5.76. The second kappa shape index (κ2) is 9.09. The van der Waals surface area contributed by atoms with Gasteiger partial charge in [-0.1, -0.05) is 23.4 Å². The molecule has 158 valence electrons. The van der Waals surface area contributed by atoms with Crippen LogP contribution in [-0.2, 0) is 17.6 Å². The van der Waals surface area contributed by atoms with E-state index in [4.69, 9.17) is 9.26 Å². The summed E-state index contributed by atoms with van der Waals surface area (Å²) in [5.41, 5.74) is 2.79. The van der Waals surface area contributed by atoms with Gasteiger partial charge in [0.1, 0.15) is 18.2 Å². The van der Waals surface area contributed by atoms with Crippen molar-refractivity contribution in [3.63, 3.8) is 0 Å². The van der Waals surface area contributed by atoms with Crippen molar-refractivity contribution >= 4 is 13.6 Å². The van der Waals surface area contributed by atoms with Crippen molar-refractivity contribution in [1.29, 1.82) is 0 Å². The van der Waals surface area contributed by atoms with Crippen LogP contribution in [0.5, 0.6) is 5.75 Å². The standard InChI is InChI=1S/C21H19N4O5P/c26-31(27,28)25-21-19(5-3-11-23-21)20-13-17(24-30-20)12-15-6-8-18(9-7-15)29-14-16-4-1-2-10-22-16/h1-11,13H,12,14H2,(H3,23,25,26,27,28)/p-2. The van der Waals surface area contributed by atoms with Crippen LogP contribution in [-0.4, -0.2) is 15.1 Å². The Morgan fingerprint density at radius 3 is 2.52 bits per heavy atom. The Morgan fingerprint density at radius 2 is 1.77 bits per heavy atom. The third-order valence-corrected chi connectivity index (χ3v) is 4.78. The van der Waals surface area contributed by atoms with Crippen molar-refractivity contribution in [3.8, 4) is 17.1 Å². The number of nitrogens with zero attached hydrogens (tertiary/aromatic N) is 3. The van der Waals surface area contributed by atoms with E-state index in [1.807, 2.05) is 47.6 Å². The number of nitrogens with one attached hydrogen (secondary N) is 1. The van der Waals surface area contributed by atoms with Gasteiger partial charge in [0.15, 0.2) is 5.76 Å². The molecule has 10 heteroatoms. The van der Waals surface area contributed by atoms with E-state index in [-0.39, 0.29) is 5.82 Å². The quantitative estimate of drug-likeness (QED) is 0.413. The Labute approximate surface area is 178 Å². The number of hydrogen-bond acceptors (Lipinski definition) is 8. The highest BCUT2D eigenvalue weighted by Crippen LogP contribution is 2.33. The Morgan fingerprint density at radius 1 is 0.968 bits per heavy atom. The summed E-state index contributed by atoms with van der Waals surface area (Å²) >= 11 is 0. The minimum Gasteiger partial charge on any atom is -0.795 e. The highest BCUT2D eigenvalue weighted by atomic mass is 31.2. The zero-order chi connectivity index (χ0) is 21.7.